The Morgan fingerprint density at radius 2 is 2.09 bits per heavy atom. The van der Waals surface area contributed by atoms with Crippen molar-refractivity contribution in [3.63, 3.8) is 0 Å². The highest BCUT2D eigenvalue weighted by Gasteiger charge is 2.72. The van der Waals surface area contributed by atoms with Crippen molar-refractivity contribution in [1.82, 2.24) is 9.88 Å². The zero-order chi connectivity index (χ0) is 21.4. The normalized spacial score (nSPS) is 34.3. The van der Waals surface area contributed by atoms with Crippen LogP contribution in [0.2, 0.25) is 0 Å². The van der Waals surface area contributed by atoms with Gasteiger partial charge in [0.2, 0.25) is 0 Å². The van der Waals surface area contributed by atoms with Crippen LogP contribution in [0.1, 0.15) is 47.8 Å². The first-order valence-electron chi connectivity index (χ1n) is 11.9. The number of nitrogen functional groups attached to an aromatic ring is 1. The molecule has 4 atom stereocenters. The number of rotatable bonds is 2. The Morgan fingerprint density at radius 3 is 2.94 bits per heavy atom. The number of anilines is 1. The number of aromatic nitrogens is 1. The van der Waals surface area contributed by atoms with Gasteiger partial charge < -0.3 is 25.7 Å². The van der Waals surface area contributed by atoms with Crippen LogP contribution in [0.4, 0.5) is 5.69 Å². The third-order valence-electron chi connectivity index (χ3n) is 9.19. The molecule has 0 radical (unpaired) electrons. The van der Waals surface area contributed by atoms with Gasteiger partial charge in [-0.1, -0.05) is 6.07 Å². The molecule has 1 saturated carbocycles. The maximum atomic E-state index is 12.8. The van der Waals surface area contributed by atoms with E-state index >= 15 is 0 Å². The number of fused-ring (bicyclic) bond motifs is 4. The Labute approximate surface area is 186 Å². The van der Waals surface area contributed by atoms with Crippen LogP contribution in [0.3, 0.4) is 0 Å². The Kier molecular flexibility index (Phi) is 3.02. The number of aromatic amines is 1. The topological polar surface area (TPSA) is 94.7 Å². The number of benzene rings is 2. The highest BCUT2D eigenvalue weighted by molar-refractivity contribution is 5.88. The summed E-state index contributed by atoms with van der Waals surface area (Å²) in [6, 6.07) is 9.80. The van der Waals surface area contributed by atoms with E-state index in [-0.39, 0.29) is 17.9 Å². The molecule has 5 aliphatic rings. The quantitative estimate of drug-likeness (QED) is 0.470. The molecule has 2 fully saturated rings. The molecule has 3 heterocycles. The summed E-state index contributed by atoms with van der Waals surface area (Å²) in [5, 5.41) is 24.6. The number of aromatic hydroxyl groups is 1. The lowest BCUT2D eigenvalue weighted by molar-refractivity contribution is -0.173. The van der Waals surface area contributed by atoms with Gasteiger partial charge in [-0.15, -0.1) is 0 Å². The van der Waals surface area contributed by atoms with Gasteiger partial charge in [-0.05, 0) is 73.5 Å². The van der Waals surface area contributed by atoms with E-state index in [1.165, 1.54) is 18.4 Å². The van der Waals surface area contributed by atoms with E-state index in [1.54, 1.807) is 6.07 Å². The Hall–Kier alpha value is -2.70. The zero-order valence-electron chi connectivity index (χ0n) is 17.9. The van der Waals surface area contributed by atoms with Gasteiger partial charge in [0.25, 0.3) is 0 Å². The number of likely N-dealkylation sites (tertiary alicyclic amines) is 1. The summed E-state index contributed by atoms with van der Waals surface area (Å²) in [5.74, 6) is 1.52. The van der Waals surface area contributed by atoms with E-state index in [2.05, 4.69) is 16.0 Å². The highest BCUT2D eigenvalue weighted by atomic mass is 16.5. The summed E-state index contributed by atoms with van der Waals surface area (Å²) in [4.78, 5) is 6.17. The van der Waals surface area contributed by atoms with E-state index in [0.29, 0.717) is 12.2 Å². The fraction of sp³-hybridized carbons (Fsp3) is 0.462. The maximum Gasteiger partial charge on any atom is 0.166 e. The third kappa shape index (κ3) is 1.88. The summed E-state index contributed by atoms with van der Waals surface area (Å²) >= 11 is 0. The van der Waals surface area contributed by atoms with Crippen LogP contribution in [-0.2, 0) is 18.3 Å². The summed E-state index contributed by atoms with van der Waals surface area (Å²) < 4.78 is 6.60. The second-order valence-corrected chi connectivity index (χ2v) is 10.7. The number of hydrogen-bond acceptors (Lipinski definition) is 5. The van der Waals surface area contributed by atoms with E-state index < -0.39 is 11.0 Å². The Balaban J connectivity index is 1.42. The number of H-pyrrole nitrogens is 1. The number of hydrogen-bond donors (Lipinski definition) is 4. The molecular formula is C26H27N3O3. The standard InChI is InChI=1S/C26H27N3O3/c27-15-4-5-18-16(10-15)17-11-26(31)20-9-14-3-6-19(30)23-21(14)25(26,24(32-23)22(17)28-18)7-8-29(20)12-13-1-2-13/h3-6,10,13,20,24,28,30-31H,1-2,7-9,11-12,27H2/t20-,24+,25+,26-/m1/s1. The summed E-state index contributed by atoms with van der Waals surface area (Å²) in [7, 11) is 0. The van der Waals surface area contributed by atoms with Crippen LogP contribution >= 0.6 is 0 Å². The summed E-state index contributed by atoms with van der Waals surface area (Å²) in [6.07, 6.45) is 4.48. The average Bonchev–Trinajstić information content (AvgIpc) is 3.41. The molecule has 2 aliphatic heterocycles. The fourth-order valence-electron chi connectivity index (χ4n) is 7.64. The summed E-state index contributed by atoms with van der Waals surface area (Å²) in [6.45, 7) is 2.03. The number of phenolic OH excluding ortho intramolecular Hbond substituents is 1. The number of phenols is 1. The molecule has 164 valence electrons. The number of piperidine rings is 1. The second kappa shape index (κ2) is 5.43. The van der Waals surface area contributed by atoms with Gasteiger partial charge in [-0.25, -0.2) is 0 Å². The molecule has 1 aromatic heterocycles. The molecule has 2 bridgehead atoms. The van der Waals surface area contributed by atoms with Gasteiger partial charge in [0.1, 0.15) is 0 Å². The van der Waals surface area contributed by atoms with Gasteiger partial charge in [-0.2, -0.15) is 0 Å². The molecule has 3 aliphatic carbocycles. The fourth-order valence-corrected chi connectivity index (χ4v) is 7.64. The molecule has 5 N–H and O–H groups in total. The molecule has 6 nitrogen and oxygen atoms in total. The number of aliphatic hydroxyl groups is 1. The monoisotopic (exact) mass is 429 g/mol. The first kappa shape index (κ1) is 17.8. The molecule has 1 spiro atoms. The molecule has 1 saturated heterocycles. The van der Waals surface area contributed by atoms with E-state index in [0.717, 1.165) is 65.3 Å². The van der Waals surface area contributed by atoms with Crippen molar-refractivity contribution >= 4 is 16.6 Å². The largest absolute Gasteiger partial charge is 0.504 e. The Morgan fingerprint density at radius 1 is 1.22 bits per heavy atom. The van der Waals surface area contributed by atoms with E-state index in [1.807, 2.05) is 18.2 Å². The number of nitrogens with two attached hydrogens (primary N) is 1. The minimum atomic E-state index is -0.955. The van der Waals surface area contributed by atoms with Crippen molar-refractivity contribution in [2.24, 2.45) is 5.92 Å². The molecule has 32 heavy (non-hydrogen) atoms. The zero-order valence-corrected chi connectivity index (χ0v) is 17.9. The maximum absolute atomic E-state index is 12.8. The van der Waals surface area contributed by atoms with Crippen molar-refractivity contribution in [3.8, 4) is 11.5 Å². The van der Waals surface area contributed by atoms with Gasteiger partial charge in [0.05, 0.1) is 16.7 Å². The molecule has 0 amide bonds. The van der Waals surface area contributed by atoms with Crippen LogP contribution in [0.5, 0.6) is 11.5 Å². The van der Waals surface area contributed by atoms with Crippen molar-refractivity contribution < 1.29 is 14.9 Å². The third-order valence-corrected chi connectivity index (χ3v) is 9.19. The smallest absolute Gasteiger partial charge is 0.166 e. The highest BCUT2D eigenvalue weighted by Crippen LogP contribution is 2.69. The lowest BCUT2D eigenvalue weighted by atomic mass is 9.49. The SMILES string of the molecule is Nc1ccc2[nH]c3c(c2c1)C[C@@]1(O)[C@H]2Cc4ccc(O)c5c4[C@@]1(CCN2CC1CC1)[C@H]3O5. The second-order valence-electron chi connectivity index (χ2n) is 10.7. The lowest BCUT2D eigenvalue weighted by Crippen LogP contribution is -2.74. The first-order valence-corrected chi connectivity index (χ1v) is 11.9. The van der Waals surface area contributed by atoms with Crippen LogP contribution in [-0.4, -0.2) is 44.8 Å². The minimum Gasteiger partial charge on any atom is -0.504 e. The first-order chi connectivity index (χ1) is 15.5. The number of ether oxygens (including phenoxy) is 1. The van der Waals surface area contributed by atoms with Crippen LogP contribution in [0, 0.1) is 5.92 Å². The van der Waals surface area contributed by atoms with Crippen LogP contribution in [0.15, 0.2) is 30.3 Å². The van der Waals surface area contributed by atoms with Gasteiger partial charge in [0, 0.05) is 41.2 Å². The predicted octanol–water partition coefficient (Wildman–Crippen LogP) is 3.15. The van der Waals surface area contributed by atoms with Crippen molar-refractivity contribution in [2.45, 2.75) is 55.3 Å². The molecular weight excluding hydrogens is 402 g/mol. The Bertz CT molecular complexity index is 1330. The van der Waals surface area contributed by atoms with Gasteiger partial charge in [-0.3, -0.25) is 4.90 Å². The van der Waals surface area contributed by atoms with Crippen LogP contribution < -0.4 is 10.5 Å². The molecule has 3 aromatic rings. The van der Waals surface area contributed by atoms with E-state index in [9.17, 15) is 10.2 Å². The van der Waals surface area contributed by atoms with Crippen molar-refractivity contribution in [2.75, 3.05) is 18.8 Å². The van der Waals surface area contributed by atoms with Crippen LogP contribution in [0.25, 0.3) is 10.9 Å². The predicted molar refractivity (Wildman–Crippen MR) is 121 cm³/mol. The lowest BCUT2D eigenvalue weighted by Gasteiger charge is -2.62. The number of nitrogens with zero attached hydrogens (tertiary/aromatic N) is 1. The number of nitrogens with one attached hydrogen (secondary N) is 1. The molecule has 2 aromatic carbocycles. The molecule has 8 rings (SSSR count). The van der Waals surface area contributed by atoms with Gasteiger partial charge >= 0.3 is 0 Å². The molecule has 0 unspecified atom stereocenters. The van der Waals surface area contributed by atoms with E-state index in [4.69, 9.17) is 10.5 Å². The van der Waals surface area contributed by atoms with Crippen molar-refractivity contribution in [1.29, 1.82) is 0 Å². The molecule has 6 heteroatoms. The average molecular weight is 430 g/mol. The van der Waals surface area contributed by atoms with Gasteiger partial charge in [0.15, 0.2) is 17.6 Å². The summed E-state index contributed by atoms with van der Waals surface area (Å²) in [5.41, 5.74) is 10.8. The minimum absolute atomic E-state index is 0.0464. The van der Waals surface area contributed by atoms with Crippen molar-refractivity contribution in [3.05, 3.63) is 52.7 Å².